The summed E-state index contributed by atoms with van der Waals surface area (Å²) in [5.74, 6) is -0.394. The number of esters is 1. The Kier molecular flexibility index (Phi) is 5.63. The van der Waals surface area contributed by atoms with Crippen LogP contribution in [-0.2, 0) is 14.3 Å². The summed E-state index contributed by atoms with van der Waals surface area (Å²) < 4.78 is 10.0. The lowest BCUT2D eigenvalue weighted by Gasteiger charge is -2.15. The van der Waals surface area contributed by atoms with Gasteiger partial charge in [0.25, 0.3) is 5.91 Å². The van der Waals surface area contributed by atoms with Crippen molar-refractivity contribution in [2.75, 3.05) is 12.4 Å². The number of anilines is 1. The van der Waals surface area contributed by atoms with Crippen molar-refractivity contribution in [2.45, 2.75) is 26.4 Å². The van der Waals surface area contributed by atoms with Crippen LogP contribution in [0.4, 0.5) is 5.69 Å². The lowest BCUT2D eigenvalue weighted by Crippen LogP contribution is -2.29. The van der Waals surface area contributed by atoms with Crippen molar-refractivity contribution >= 4 is 29.2 Å². The molecule has 0 saturated heterocycles. The number of methoxy groups -OCH3 is 1. The van der Waals surface area contributed by atoms with Crippen LogP contribution in [0.3, 0.4) is 0 Å². The zero-order chi connectivity index (χ0) is 14.4. The van der Waals surface area contributed by atoms with Crippen LogP contribution in [0.25, 0.3) is 0 Å². The van der Waals surface area contributed by atoms with Crippen molar-refractivity contribution in [3.05, 3.63) is 23.2 Å². The second-order valence-electron chi connectivity index (χ2n) is 3.82. The van der Waals surface area contributed by atoms with Gasteiger partial charge in [-0.1, -0.05) is 18.5 Å². The van der Waals surface area contributed by atoms with Crippen molar-refractivity contribution in [1.82, 2.24) is 0 Å². The quantitative estimate of drug-likeness (QED) is 0.845. The van der Waals surface area contributed by atoms with E-state index < -0.39 is 18.0 Å². The third-order valence-corrected chi connectivity index (χ3v) is 2.62. The molecule has 1 rings (SSSR count). The third-order valence-electron chi connectivity index (χ3n) is 2.39. The molecule has 1 aromatic rings. The highest BCUT2D eigenvalue weighted by molar-refractivity contribution is 6.31. The molecule has 6 heteroatoms. The van der Waals surface area contributed by atoms with Crippen molar-refractivity contribution in [1.29, 1.82) is 0 Å². The molecular formula is C13H16ClNO4. The molecule has 104 valence electrons. The van der Waals surface area contributed by atoms with Crippen LogP contribution in [0.1, 0.15) is 20.3 Å². The molecule has 0 aliphatic rings. The average molecular weight is 286 g/mol. The van der Waals surface area contributed by atoms with Gasteiger partial charge in [0.05, 0.1) is 12.8 Å². The summed E-state index contributed by atoms with van der Waals surface area (Å²) in [4.78, 5) is 23.0. The van der Waals surface area contributed by atoms with E-state index in [4.69, 9.17) is 21.1 Å². The predicted octanol–water partition coefficient (Wildman–Crippen LogP) is 2.63. The molecule has 0 aromatic heterocycles. The Labute approximate surface area is 116 Å². The number of halogens is 1. The monoisotopic (exact) mass is 285 g/mol. The molecule has 0 saturated carbocycles. The number of ether oxygens (including phenoxy) is 2. The first-order valence-corrected chi connectivity index (χ1v) is 6.19. The van der Waals surface area contributed by atoms with Gasteiger partial charge < -0.3 is 14.8 Å². The second kappa shape index (κ2) is 6.99. The van der Waals surface area contributed by atoms with Gasteiger partial charge in [0, 0.05) is 11.4 Å². The van der Waals surface area contributed by atoms with E-state index >= 15 is 0 Å². The molecule has 0 bridgehead atoms. The van der Waals surface area contributed by atoms with Crippen LogP contribution in [-0.4, -0.2) is 25.1 Å². The molecule has 0 fully saturated rings. The predicted molar refractivity (Wildman–Crippen MR) is 72.5 cm³/mol. The molecule has 1 atom stereocenters. The number of carbonyl (C=O) groups is 2. The first-order valence-electron chi connectivity index (χ1n) is 5.81. The Hall–Kier alpha value is -1.75. The van der Waals surface area contributed by atoms with Gasteiger partial charge in [-0.3, -0.25) is 9.59 Å². The summed E-state index contributed by atoms with van der Waals surface area (Å²) in [6.07, 6.45) is -0.658. The standard InChI is InChI=1S/C13H16ClNO4/c1-4-12(16)19-8(2)13(17)15-10-7-9(14)5-6-11(10)18-3/h5-8H,4H2,1-3H3,(H,15,17)/t8-/m0/s1. The number of benzene rings is 1. The summed E-state index contributed by atoms with van der Waals surface area (Å²) in [5.41, 5.74) is 0.430. The molecule has 1 aromatic carbocycles. The van der Waals surface area contributed by atoms with Crippen LogP contribution < -0.4 is 10.1 Å². The lowest BCUT2D eigenvalue weighted by molar-refractivity contribution is -0.152. The molecule has 0 heterocycles. The van der Waals surface area contributed by atoms with Gasteiger partial charge in [0.2, 0.25) is 0 Å². The van der Waals surface area contributed by atoms with Crippen molar-refractivity contribution in [2.24, 2.45) is 0 Å². The molecule has 5 nitrogen and oxygen atoms in total. The second-order valence-corrected chi connectivity index (χ2v) is 4.26. The number of amides is 1. The molecule has 0 aliphatic carbocycles. The maximum Gasteiger partial charge on any atom is 0.306 e. The van der Waals surface area contributed by atoms with E-state index in [0.29, 0.717) is 16.5 Å². The highest BCUT2D eigenvalue weighted by Gasteiger charge is 2.18. The fourth-order valence-electron chi connectivity index (χ4n) is 1.35. The van der Waals surface area contributed by atoms with E-state index in [2.05, 4.69) is 5.32 Å². The van der Waals surface area contributed by atoms with Crippen LogP contribution in [0, 0.1) is 0 Å². The normalized spacial score (nSPS) is 11.6. The molecule has 1 amide bonds. The zero-order valence-electron chi connectivity index (χ0n) is 11.0. The number of nitrogens with one attached hydrogen (secondary N) is 1. The number of hydrogen-bond acceptors (Lipinski definition) is 4. The van der Waals surface area contributed by atoms with Gasteiger partial charge in [0.1, 0.15) is 5.75 Å². The Morgan fingerprint density at radius 3 is 2.68 bits per heavy atom. The van der Waals surface area contributed by atoms with Gasteiger partial charge in [-0.2, -0.15) is 0 Å². The molecule has 1 N–H and O–H groups in total. The Bertz CT molecular complexity index is 476. The molecular weight excluding hydrogens is 270 g/mol. The number of rotatable bonds is 5. The summed E-state index contributed by atoms with van der Waals surface area (Å²) in [6, 6.07) is 4.85. The summed E-state index contributed by atoms with van der Waals surface area (Å²) in [7, 11) is 1.49. The minimum absolute atomic E-state index is 0.220. The van der Waals surface area contributed by atoms with Gasteiger partial charge in [0.15, 0.2) is 6.10 Å². The first kappa shape index (κ1) is 15.3. The SMILES string of the molecule is CCC(=O)O[C@@H](C)C(=O)Nc1cc(Cl)ccc1OC. The highest BCUT2D eigenvalue weighted by Crippen LogP contribution is 2.27. The van der Waals surface area contributed by atoms with E-state index in [0.717, 1.165) is 0 Å². The van der Waals surface area contributed by atoms with Crippen molar-refractivity contribution in [3.8, 4) is 5.75 Å². The topological polar surface area (TPSA) is 64.6 Å². The zero-order valence-corrected chi connectivity index (χ0v) is 11.8. The molecule has 0 unspecified atom stereocenters. The Balaban J connectivity index is 2.76. The first-order chi connectivity index (χ1) is 8.97. The fraction of sp³-hybridized carbons (Fsp3) is 0.385. The lowest BCUT2D eigenvalue weighted by atomic mass is 10.2. The third kappa shape index (κ3) is 4.44. The van der Waals surface area contributed by atoms with E-state index in [-0.39, 0.29) is 6.42 Å². The van der Waals surface area contributed by atoms with Crippen molar-refractivity contribution in [3.63, 3.8) is 0 Å². The van der Waals surface area contributed by atoms with Gasteiger partial charge in [-0.25, -0.2) is 0 Å². The molecule has 0 radical (unpaired) electrons. The van der Waals surface area contributed by atoms with Gasteiger partial charge >= 0.3 is 5.97 Å². The van der Waals surface area contributed by atoms with Crippen molar-refractivity contribution < 1.29 is 19.1 Å². The Morgan fingerprint density at radius 2 is 2.11 bits per heavy atom. The summed E-state index contributed by atoms with van der Waals surface area (Å²) in [6.45, 7) is 3.16. The molecule has 0 aliphatic heterocycles. The molecule has 0 spiro atoms. The van der Waals surface area contributed by atoms with E-state index in [1.165, 1.54) is 14.0 Å². The number of hydrogen-bond donors (Lipinski definition) is 1. The van der Waals surface area contributed by atoms with Gasteiger partial charge in [-0.15, -0.1) is 0 Å². The van der Waals surface area contributed by atoms with Crippen LogP contribution >= 0.6 is 11.6 Å². The van der Waals surface area contributed by atoms with Crippen LogP contribution in [0.2, 0.25) is 5.02 Å². The maximum atomic E-state index is 11.9. The van der Waals surface area contributed by atoms with Gasteiger partial charge in [-0.05, 0) is 25.1 Å². The van der Waals surface area contributed by atoms with Crippen LogP contribution in [0.5, 0.6) is 5.75 Å². The Morgan fingerprint density at radius 1 is 1.42 bits per heavy atom. The highest BCUT2D eigenvalue weighted by atomic mass is 35.5. The average Bonchev–Trinajstić information content (AvgIpc) is 2.38. The minimum Gasteiger partial charge on any atom is -0.495 e. The summed E-state index contributed by atoms with van der Waals surface area (Å²) in [5, 5.41) is 3.07. The van der Waals surface area contributed by atoms with E-state index in [1.807, 2.05) is 0 Å². The fourth-order valence-corrected chi connectivity index (χ4v) is 1.52. The minimum atomic E-state index is -0.879. The molecule has 19 heavy (non-hydrogen) atoms. The maximum absolute atomic E-state index is 11.9. The smallest absolute Gasteiger partial charge is 0.306 e. The van der Waals surface area contributed by atoms with Crippen LogP contribution in [0.15, 0.2) is 18.2 Å². The van der Waals surface area contributed by atoms with E-state index in [1.54, 1.807) is 25.1 Å². The summed E-state index contributed by atoms with van der Waals surface area (Å²) >= 11 is 5.85. The number of carbonyl (C=O) groups excluding carboxylic acids is 2. The largest absolute Gasteiger partial charge is 0.495 e. The van der Waals surface area contributed by atoms with E-state index in [9.17, 15) is 9.59 Å².